The van der Waals surface area contributed by atoms with Crippen molar-refractivity contribution in [1.82, 2.24) is 14.8 Å². The molecule has 10 heteroatoms. The molecule has 0 aliphatic carbocycles. The van der Waals surface area contributed by atoms with Gasteiger partial charge in [-0.2, -0.15) is 0 Å². The number of carbonyl (C=O) groups excluding carboxylic acids is 1. The molecule has 0 spiro atoms. The van der Waals surface area contributed by atoms with Crippen LogP contribution < -0.4 is 0 Å². The van der Waals surface area contributed by atoms with Crippen LogP contribution in [0, 0.1) is 0 Å². The largest absolute Gasteiger partial charge is 0.382 e. The fourth-order valence-electron chi connectivity index (χ4n) is 7.06. The summed E-state index contributed by atoms with van der Waals surface area (Å²) in [5, 5.41) is 2.25. The molecule has 1 aliphatic heterocycles. The van der Waals surface area contributed by atoms with E-state index < -0.39 is 24.3 Å². The summed E-state index contributed by atoms with van der Waals surface area (Å²) < 4.78 is 36.0. The Morgan fingerprint density at radius 2 is 1.07 bits per heavy atom. The van der Waals surface area contributed by atoms with E-state index in [2.05, 4.69) is 59.6 Å². The van der Waals surface area contributed by atoms with Gasteiger partial charge in [-0.25, -0.2) is 4.79 Å². The van der Waals surface area contributed by atoms with E-state index in [0.717, 1.165) is 33.0 Å². The Morgan fingerprint density at radius 1 is 0.556 bits per heavy atom. The molecule has 6 rings (SSSR count). The van der Waals surface area contributed by atoms with Crippen molar-refractivity contribution in [3.05, 3.63) is 150 Å². The van der Waals surface area contributed by atoms with E-state index in [1.54, 1.807) is 20.4 Å². The van der Waals surface area contributed by atoms with Crippen LogP contribution in [0.25, 0.3) is 10.8 Å². The van der Waals surface area contributed by atoms with Gasteiger partial charge in [0.05, 0.1) is 38.5 Å². The zero-order chi connectivity index (χ0) is 37.4. The van der Waals surface area contributed by atoms with Gasteiger partial charge in [-0.3, -0.25) is 4.98 Å². The van der Waals surface area contributed by atoms with Gasteiger partial charge in [0, 0.05) is 39.7 Å². The number of carbonyl (C=O) groups is 1. The van der Waals surface area contributed by atoms with E-state index in [4.69, 9.17) is 28.4 Å². The first-order chi connectivity index (χ1) is 26.6. The fraction of sp³-hybridized carbons (Fsp3) is 0.364. The van der Waals surface area contributed by atoms with Gasteiger partial charge < -0.3 is 38.2 Å². The number of methoxy groups -OCH3 is 2. The number of nitrogens with zero attached hydrogens (tertiary/aromatic N) is 3. The van der Waals surface area contributed by atoms with Gasteiger partial charge in [-0.05, 0) is 58.0 Å². The number of ether oxygens (including phenoxy) is 6. The van der Waals surface area contributed by atoms with Gasteiger partial charge >= 0.3 is 6.03 Å². The predicted octanol–water partition coefficient (Wildman–Crippen LogP) is 6.91. The Bertz CT molecular complexity index is 1830. The summed E-state index contributed by atoms with van der Waals surface area (Å²) in [5.74, 6) is 0. The highest BCUT2D eigenvalue weighted by atomic mass is 16.7. The first kappa shape index (κ1) is 39.0. The monoisotopic (exact) mass is 733 g/mol. The molecule has 0 radical (unpaired) electrons. The van der Waals surface area contributed by atoms with Crippen LogP contribution in [0.15, 0.2) is 128 Å². The van der Waals surface area contributed by atoms with E-state index >= 15 is 4.79 Å². The van der Waals surface area contributed by atoms with Gasteiger partial charge in [-0.1, -0.05) is 103 Å². The van der Waals surface area contributed by atoms with Crippen LogP contribution in [0.3, 0.4) is 0 Å². The molecule has 284 valence electrons. The third-order valence-corrected chi connectivity index (χ3v) is 9.74. The molecule has 1 fully saturated rings. The summed E-state index contributed by atoms with van der Waals surface area (Å²) >= 11 is 0. The molecular formula is C44H51N3O7. The lowest BCUT2D eigenvalue weighted by molar-refractivity contribution is -0.192. The normalized spacial score (nSPS) is 19.0. The van der Waals surface area contributed by atoms with Crippen LogP contribution in [0.1, 0.15) is 22.3 Å². The first-order valence-electron chi connectivity index (χ1n) is 18.5. The molecule has 54 heavy (non-hydrogen) atoms. The van der Waals surface area contributed by atoms with Crippen LogP contribution in [-0.4, -0.2) is 99.3 Å². The minimum atomic E-state index is -0.630. The molecule has 0 saturated carbocycles. The van der Waals surface area contributed by atoms with Crippen LogP contribution in [-0.2, 0) is 54.4 Å². The maximum absolute atomic E-state index is 15.6. The highest BCUT2D eigenvalue weighted by Gasteiger charge is 2.49. The van der Waals surface area contributed by atoms with Gasteiger partial charge in [0.2, 0.25) is 0 Å². The number of pyridine rings is 1. The number of aromatic nitrogens is 1. The maximum atomic E-state index is 15.6. The molecule has 0 unspecified atom stereocenters. The van der Waals surface area contributed by atoms with Crippen molar-refractivity contribution in [2.45, 2.75) is 50.2 Å². The zero-order valence-electron chi connectivity index (χ0n) is 31.2. The van der Waals surface area contributed by atoms with Crippen molar-refractivity contribution in [3.63, 3.8) is 0 Å². The smallest absolute Gasteiger partial charge is 0.321 e. The summed E-state index contributed by atoms with van der Waals surface area (Å²) in [4.78, 5) is 23.9. The molecule has 1 aliphatic rings. The number of fused-ring (bicyclic) bond motifs is 1. The third-order valence-electron chi connectivity index (χ3n) is 9.74. The SMILES string of the molecule is COCCOCO[C@@H]1[C@@H](OCOCCOC)[C@@H](Cc2ccccc2)N(Cc2ccc3ccccc3c2)C(=O)N(Cc2cccnc2)[C@@H]1Cc1ccccc1. The maximum Gasteiger partial charge on any atom is 0.321 e. The minimum absolute atomic E-state index is 0.0115. The van der Waals surface area contributed by atoms with Crippen LogP contribution in [0.5, 0.6) is 0 Å². The fourth-order valence-corrected chi connectivity index (χ4v) is 7.06. The summed E-state index contributed by atoms with van der Waals surface area (Å²) in [5.41, 5.74) is 4.06. The second-order valence-corrected chi connectivity index (χ2v) is 13.4. The summed E-state index contributed by atoms with van der Waals surface area (Å²) in [7, 11) is 3.28. The van der Waals surface area contributed by atoms with E-state index in [0.29, 0.717) is 52.4 Å². The average Bonchev–Trinajstić information content (AvgIpc) is 3.28. The second-order valence-electron chi connectivity index (χ2n) is 13.4. The van der Waals surface area contributed by atoms with E-state index in [1.165, 1.54) is 0 Å². The average molecular weight is 734 g/mol. The number of rotatable bonds is 20. The van der Waals surface area contributed by atoms with Crippen LogP contribution >= 0.6 is 0 Å². The van der Waals surface area contributed by atoms with E-state index in [-0.39, 0.29) is 19.6 Å². The Kier molecular flexibility index (Phi) is 15.0. The number of benzene rings is 4. The number of hydrogen-bond acceptors (Lipinski definition) is 8. The van der Waals surface area contributed by atoms with Gasteiger partial charge in [0.1, 0.15) is 25.8 Å². The third kappa shape index (κ3) is 10.7. The highest BCUT2D eigenvalue weighted by Crippen LogP contribution is 2.33. The van der Waals surface area contributed by atoms with Crippen molar-refractivity contribution in [2.75, 3.05) is 54.2 Å². The Labute approximate surface area is 318 Å². The molecule has 5 aromatic rings. The number of amides is 2. The number of hydrogen-bond donors (Lipinski definition) is 0. The lowest BCUT2D eigenvalue weighted by atomic mass is 9.90. The topological polar surface area (TPSA) is 91.8 Å². The van der Waals surface area contributed by atoms with Crippen molar-refractivity contribution in [2.24, 2.45) is 0 Å². The Morgan fingerprint density at radius 3 is 1.61 bits per heavy atom. The molecule has 1 aromatic heterocycles. The molecule has 2 amide bonds. The van der Waals surface area contributed by atoms with Gasteiger partial charge in [0.15, 0.2) is 0 Å². The van der Waals surface area contributed by atoms with Gasteiger partial charge in [-0.15, -0.1) is 0 Å². The first-order valence-corrected chi connectivity index (χ1v) is 18.5. The number of urea groups is 1. The highest BCUT2D eigenvalue weighted by molar-refractivity contribution is 5.83. The molecule has 4 aromatic carbocycles. The summed E-state index contributed by atoms with van der Waals surface area (Å²) in [6, 6.07) is 38.0. The quantitative estimate of drug-likeness (QED) is 0.0630. The molecule has 0 N–H and O–H groups in total. The van der Waals surface area contributed by atoms with Crippen molar-refractivity contribution in [1.29, 1.82) is 0 Å². The van der Waals surface area contributed by atoms with Crippen molar-refractivity contribution in [3.8, 4) is 0 Å². The van der Waals surface area contributed by atoms with Crippen molar-refractivity contribution < 1.29 is 33.2 Å². The standard InChI is InChI=1S/C44H51N3O7/c1-49-22-24-51-32-53-42-40(27-34-12-5-3-6-13-34)46(30-36-19-20-38-17-9-10-18-39(38)26-36)44(48)47(31-37-16-11-21-45-29-37)41(28-35-14-7-4-8-15-35)43(42)54-33-52-25-23-50-2/h3-21,26,29,40-43H,22-25,27-28,30-33H2,1-2H3/t40-,41-,42+,43+/m1/s1. The predicted molar refractivity (Wildman–Crippen MR) is 208 cm³/mol. The molecule has 10 nitrogen and oxygen atoms in total. The van der Waals surface area contributed by atoms with Crippen molar-refractivity contribution >= 4 is 16.8 Å². The van der Waals surface area contributed by atoms with E-state index in [9.17, 15) is 0 Å². The van der Waals surface area contributed by atoms with Crippen LogP contribution in [0.2, 0.25) is 0 Å². The Hall–Kier alpha value is -4.68. The zero-order valence-corrected chi connectivity index (χ0v) is 31.2. The lowest BCUT2D eigenvalue weighted by Gasteiger charge is -2.38. The van der Waals surface area contributed by atoms with Crippen LogP contribution in [0.4, 0.5) is 4.79 Å². The molecule has 0 bridgehead atoms. The molecule has 2 heterocycles. The van der Waals surface area contributed by atoms with E-state index in [1.807, 2.05) is 76.7 Å². The summed E-state index contributed by atoms with van der Waals surface area (Å²) in [6.45, 7) is 2.22. The van der Waals surface area contributed by atoms with Gasteiger partial charge in [0.25, 0.3) is 0 Å². The molecule has 1 saturated heterocycles. The molecule has 4 atom stereocenters. The minimum Gasteiger partial charge on any atom is -0.382 e. The lowest BCUT2D eigenvalue weighted by Crippen LogP contribution is -2.53. The molecular weight excluding hydrogens is 682 g/mol. The Balaban J connectivity index is 1.49. The summed E-state index contributed by atoms with van der Waals surface area (Å²) in [6.07, 6.45) is 3.33. The second kappa shape index (κ2) is 20.7.